The summed E-state index contributed by atoms with van der Waals surface area (Å²) in [6.45, 7) is 1.51. The Hall–Kier alpha value is -4.01. The number of fused-ring (bicyclic) bond motifs is 1. The zero-order valence-corrected chi connectivity index (χ0v) is 18.4. The molecule has 9 nitrogen and oxygen atoms in total. The maximum absolute atomic E-state index is 12.1. The molecule has 0 aliphatic carbocycles. The Bertz CT molecular complexity index is 1000. The summed E-state index contributed by atoms with van der Waals surface area (Å²) in [5, 5.41) is 5.13. The summed E-state index contributed by atoms with van der Waals surface area (Å²) in [5.74, 6) is 0.312. The molecule has 2 amide bonds. The van der Waals surface area contributed by atoms with Crippen LogP contribution in [-0.2, 0) is 19.1 Å². The van der Waals surface area contributed by atoms with Gasteiger partial charge in [0.25, 0.3) is 5.91 Å². The highest BCUT2D eigenvalue weighted by Crippen LogP contribution is 2.30. The van der Waals surface area contributed by atoms with E-state index in [1.807, 2.05) is 12.1 Å². The van der Waals surface area contributed by atoms with Gasteiger partial charge in [-0.2, -0.15) is 0 Å². The first-order valence-electron chi connectivity index (χ1n) is 10.4. The second-order valence-corrected chi connectivity index (χ2v) is 7.25. The molecule has 174 valence electrons. The maximum atomic E-state index is 12.1. The van der Waals surface area contributed by atoms with Gasteiger partial charge in [0.05, 0.1) is 13.7 Å². The predicted octanol–water partition coefficient (Wildman–Crippen LogP) is 1.71. The van der Waals surface area contributed by atoms with Crippen LogP contribution >= 0.6 is 0 Å². The highest BCUT2D eigenvalue weighted by molar-refractivity contribution is 5.94. The molecule has 1 heterocycles. The number of hydrogen-bond donors (Lipinski definition) is 2. The molecule has 33 heavy (non-hydrogen) atoms. The quantitative estimate of drug-likeness (QED) is 0.438. The number of rotatable bonds is 9. The summed E-state index contributed by atoms with van der Waals surface area (Å²) in [7, 11) is 1.57. The average molecular weight is 454 g/mol. The van der Waals surface area contributed by atoms with Crippen LogP contribution in [0.5, 0.6) is 17.2 Å². The van der Waals surface area contributed by atoms with Crippen molar-refractivity contribution in [3.8, 4) is 17.2 Å². The molecular weight excluding hydrogens is 428 g/mol. The summed E-state index contributed by atoms with van der Waals surface area (Å²) >= 11 is 0. The summed E-state index contributed by atoms with van der Waals surface area (Å²) < 4.78 is 21.4. The molecule has 1 aliphatic heterocycles. The predicted molar refractivity (Wildman–Crippen MR) is 120 cm³/mol. The summed E-state index contributed by atoms with van der Waals surface area (Å²) in [5.41, 5.74) is 0.800. The van der Waals surface area contributed by atoms with Gasteiger partial charge in [-0.25, -0.2) is 4.79 Å². The Morgan fingerprint density at radius 3 is 2.58 bits per heavy atom. The molecule has 9 heteroatoms. The number of esters is 1. The van der Waals surface area contributed by atoms with Gasteiger partial charge in [-0.1, -0.05) is 24.3 Å². The van der Waals surface area contributed by atoms with Crippen molar-refractivity contribution in [2.45, 2.75) is 19.1 Å². The second kappa shape index (κ2) is 11.6. The highest BCUT2D eigenvalue weighted by atomic mass is 16.6. The monoisotopic (exact) mass is 454 g/mol. The molecule has 3 rings (SSSR count). The number of nitrogens with one attached hydrogen (secondary N) is 2. The minimum atomic E-state index is -0.919. The van der Waals surface area contributed by atoms with Gasteiger partial charge in [-0.3, -0.25) is 9.59 Å². The number of carbonyl (C=O) groups excluding carboxylic acids is 3. The molecule has 1 aliphatic rings. The van der Waals surface area contributed by atoms with Crippen LogP contribution in [0.1, 0.15) is 12.5 Å². The van der Waals surface area contributed by atoms with Crippen LogP contribution < -0.4 is 24.8 Å². The van der Waals surface area contributed by atoms with Crippen LogP contribution in [0.15, 0.2) is 54.6 Å². The van der Waals surface area contributed by atoms with E-state index in [0.717, 1.165) is 5.56 Å². The standard InChI is InChI=1S/C24H26N2O7/c1-16(26-22(27)12-9-17-7-10-18(30-2)11-8-17)24(29)32-15-23(28)25-13-19-14-31-20-5-3-4-6-21(20)33-19/h3-12,16,19H,13-15H2,1-2H3,(H,25,28)(H,26,27)/b12-9+. The Balaban J connectivity index is 1.34. The van der Waals surface area contributed by atoms with Crippen molar-refractivity contribution >= 4 is 23.9 Å². The molecule has 2 N–H and O–H groups in total. The molecule has 0 fully saturated rings. The van der Waals surface area contributed by atoms with E-state index in [0.29, 0.717) is 23.9 Å². The third-order valence-corrected chi connectivity index (χ3v) is 4.70. The molecule has 0 saturated heterocycles. The number of carbonyl (C=O) groups is 3. The third-order valence-electron chi connectivity index (χ3n) is 4.70. The molecule has 0 bridgehead atoms. The smallest absolute Gasteiger partial charge is 0.328 e. The number of para-hydroxylation sites is 2. The number of hydrogen-bond acceptors (Lipinski definition) is 7. The third kappa shape index (κ3) is 7.27. The molecule has 2 unspecified atom stereocenters. The number of methoxy groups -OCH3 is 1. The van der Waals surface area contributed by atoms with Crippen molar-refractivity contribution < 1.29 is 33.3 Å². The maximum Gasteiger partial charge on any atom is 0.328 e. The number of benzene rings is 2. The average Bonchev–Trinajstić information content (AvgIpc) is 2.84. The largest absolute Gasteiger partial charge is 0.497 e. The summed E-state index contributed by atoms with van der Waals surface area (Å²) in [4.78, 5) is 36.1. The van der Waals surface area contributed by atoms with E-state index in [1.165, 1.54) is 13.0 Å². The zero-order valence-electron chi connectivity index (χ0n) is 18.4. The fourth-order valence-corrected chi connectivity index (χ4v) is 2.91. The lowest BCUT2D eigenvalue weighted by atomic mass is 10.2. The molecule has 0 aromatic heterocycles. The van der Waals surface area contributed by atoms with Crippen LogP contribution in [-0.4, -0.2) is 56.8 Å². The Kier molecular flexibility index (Phi) is 8.29. The first kappa shape index (κ1) is 23.6. The van der Waals surface area contributed by atoms with Gasteiger partial charge in [0, 0.05) is 6.08 Å². The van der Waals surface area contributed by atoms with E-state index in [-0.39, 0.29) is 12.6 Å². The first-order chi connectivity index (χ1) is 15.9. The van der Waals surface area contributed by atoms with Gasteiger partial charge < -0.3 is 29.6 Å². The van der Waals surface area contributed by atoms with Crippen molar-refractivity contribution in [1.29, 1.82) is 0 Å². The Morgan fingerprint density at radius 1 is 1.12 bits per heavy atom. The van der Waals surface area contributed by atoms with Gasteiger partial charge in [-0.05, 0) is 42.8 Å². The molecule has 0 saturated carbocycles. The van der Waals surface area contributed by atoms with Gasteiger partial charge in [-0.15, -0.1) is 0 Å². The van der Waals surface area contributed by atoms with Crippen LogP contribution in [0.25, 0.3) is 6.08 Å². The van der Waals surface area contributed by atoms with Crippen molar-refractivity contribution in [1.82, 2.24) is 10.6 Å². The van der Waals surface area contributed by atoms with Crippen molar-refractivity contribution in [3.05, 3.63) is 60.2 Å². The minimum Gasteiger partial charge on any atom is -0.497 e. The molecule has 0 spiro atoms. The first-order valence-corrected chi connectivity index (χ1v) is 10.4. The van der Waals surface area contributed by atoms with E-state index in [9.17, 15) is 14.4 Å². The van der Waals surface area contributed by atoms with Crippen molar-refractivity contribution in [2.24, 2.45) is 0 Å². The van der Waals surface area contributed by atoms with Crippen molar-refractivity contribution in [2.75, 3.05) is 26.9 Å². The zero-order chi connectivity index (χ0) is 23.6. The lowest BCUT2D eigenvalue weighted by Gasteiger charge is -2.26. The molecule has 0 radical (unpaired) electrons. The molecule has 2 aromatic rings. The van der Waals surface area contributed by atoms with E-state index >= 15 is 0 Å². The summed E-state index contributed by atoms with van der Waals surface area (Å²) in [6, 6.07) is 13.5. The highest BCUT2D eigenvalue weighted by Gasteiger charge is 2.22. The SMILES string of the molecule is COc1ccc(/C=C/C(=O)NC(C)C(=O)OCC(=O)NCC2COc3ccccc3O2)cc1. The van der Waals surface area contributed by atoms with E-state index in [2.05, 4.69) is 10.6 Å². The normalized spacial score (nSPS) is 15.4. The molecule has 2 aromatic carbocycles. The van der Waals surface area contributed by atoms with E-state index in [4.69, 9.17) is 18.9 Å². The lowest BCUT2D eigenvalue weighted by Crippen LogP contribution is -2.43. The topological polar surface area (TPSA) is 112 Å². The van der Waals surface area contributed by atoms with E-state index < -0.39 is 30.4 Å². The van der Waals surface area contributed by atoms with Crippen LogP contribution in [0, 0.1) is 0 Å². The van der Waals surface area contributed by atoms with Crippen LogP contribution in [0.3, 0.4) is 0 Å². The van der Waals surface area contributed by atoms with E-state index in [1.54, 1.807) is 49.6 Å². The second-order valence-electron chi connectivity index (χ2n) is 7.25. The number of amides is 2. The van der Waals surface area contributed by atoms with Gasteiger partial charge >= 0.3 is 5.97 Å². The van der Waals surface area contributed by atoms with Gasteiger partial charge in [0.1, 0.15) is 24.5 Å². The minimum absolute atomic E-state index is 0.202. The van der Waals surface area contributed by atoms with Crippen LogP contribution in [0.4, 0.5) is 0 Å². The Labute approximate surface area is 191 Å². The van der Waals surface area contributed by atoms with Crippen LogP contribution in [0.2, 0.25) is 0 Å². The fourth-order valence-electron chi connectivity index (χ4n) is 2.91. The fraction of sp³-hybridized carbons (Fsp3) is 0.292. The number of ether oxygens (including phenoxy) is 4. The Morgan fingerprint density at radius 2 is 1.85 bits per heavy atom. The molecular formula is C24H26N2O7. The van der Waals surface area contributed by atoms with Crippen molar-refractivity contribution in [3.63, 3.8) is 0 Å². The molecule has 2 atom stereocenters. The van der Waals surface area contributed by atoms with Gasteiger partial charge in [0.15, 0.2) is 18.1 Å². The van der Waals surface area contributed by atoms with Gasteiger partial charge in [0.2, 0.25) is 5.91 Å². The summed E-state index contributed by atoms with van der Waals surface area (Å²) in [6.07, 6.45) is 2.56. The lowest BCUT2D eigenvalue weighted by molar-refractivity contribution is -0.151.